The molecule has 12 nitrogen and oxygen atoms in total. The van der Waals surface area contributed by atoms with Gasteiger partial charge in [-0.25, -0.2) is 0 Å². The summed E-state index contributed by atoms with van der Waals surface area (Å²) in [6, 6.07) is -1.33. The Bertz CT molecular complexity index is 896. The molecule has 4 unspecified atom stereocenters. The maximum Gasteiger partial charge on any atom is 0.245 e. The number of methoxy groups -OCH3 is 2. The van der Waals surface area contributed by atoms with Gasteiger partial charge in [-0.05, 0) is 26.2 Å². The highest BCUT2D eigenvalue weighted by Gasteiger charge is 2.50. The summed E-state index contributed by atoms with van der Waals surface area (Å²) in [7, 11) is 2.77. The average Bonchev–Trinajstić information content (AvgIpc) is 3.41. The van der Waals surface area contributed by atoms with Crippen molar-refractivity contribution in [3.63, 3.8) is 0 Å². The summed E-state index contributed by atoms with van der Waals surface area (Å²) in [5.74, 6) is -1.43. The van der Waals surface area contributed by atoms with Crippen LogP contribution in [0.15, 0.2) is 10.6 Å². The summed E-state index contributed by atoms with van der Waals surface area (Å²) >= 11 is 0. The number of carbonyl (C=O) groups is 4. The van der Waals surface area contributed by atoms with Gasteiger partial charge in [0.25, 0.3) is 0 Å². The lowest BCUT2D eigenvalue weighted by molar-refractivity contribution is -0.135. The van der Waals surface area contributed by atoms with Crippen LogP contribution in [0.4, 0.5) is 0 Å². The molecule has 1 aliphatic heterocycles. The van der Waals surface area contributed by atoms with E-state index in [1.165, 1.54) is 14.2 Å². The molecule has 2 rings (SSSR count). The SMILES string of the molecule is COCC(NC(=O)Cc1cc(C)no1)C(=O)NC(COC)C(=O)NC(CC(C)C)C(=O)C1(C)CO1. The first-order valence-corrected chi connectivity index (χ1v) is 11.5. The first-order valence-electron chi connectivity index (χ1n) is 11.5. The minimum absolute atomic E-state index is 0.115. The van der Waals surface area contributed by atoms with E-state index in [1.54, 1.807) is 19.9 Å². The van der Waals surface area contributed by atoms with E-state index in [0.29, 0.717) is 24.5 Å². The van der Waals surface area contributed by atoms with Gasteiger partial charge in [0.15, 0.2) is 5.78 Å². The van der Waals surface area contributed by atoms with Gasteiger partial charge in [0.05, 0.1) is 38.0 Å². The molecule has 1 aliphatic rings. The first kappa shape index (κ1) is 28.4. The molecule has 3 N–H and O–H groups in total. The lowest BCUT2D eigenvalue weighted by Crippen LogP contribution is -2.58. The minimum atomic E-state index is -1.10. The average molecular weight is 497 g/mol. The second-order valence-electron chi connectivity index (χ2n) is 9.28. The smallest absolute Gasteiger partial charge is 0.245 e. The van der Waals surface area contributed by atoms with E-state index in [-0.39, 0.29) is 31.3 Å². The molecule has 0 aromatic carbocycles. The predicted octanol–water partition coefficient (Wildman–Crippen LogP) is -0.323. The van der Waals surface area contributed by atoms with Gasteiger partial charge in [0, 0.05) is 20.3 Å². The number of ether oxygens (including phenoxy) is 3. The van der Waals surface area contributed by atoms with Crippen LogP contribution in [0.3, 0.4) is 0 Å². The predicted molar refractivity (Wildman–Crippen MR) is 123 cm³/mol. The van der Waals surface area contributed by atoms with Gasteiger partial charge in [0.1, 0.15) is 23.4 Å². The second-order valence-corrected chi connectivity index (χ2v) is 9.28. The van der Waals surface area contributed by atoms with Crippen LogP contribution in [0.25, 0.3) is 0 Å². The van der Waals surface area contributed by atoms with Crippen molar-refractivity contribution >= 4 is 23.5 Å². The van der Waals surface area contributed by atoms with Gasteiger partial charge in [-0.15, -0.1) is 0 Å². The fraction of sp³-hybridized carbons (Fsp3) is 0.696. The molecule has 196 valence electrons. The number of aromatic nitrogens is 1. The number of hydrogen-bond donors (Lipinski definition) is 3. The highest BCUT2D eigenvalue weighted by molar-refractivity contribution is 5.98. The van der Waals surface area contributed by atoms with Crippen molar-refractivity contribution in [1.82, 2.24) is 21.1 Å². The standard InChI is InChI=1S/C23H36N4O8/c1-13(2)7-16(20(29)23(4)12-34-23)25-22(31)18(11-33-6)26-21(30)17(10-32-5)24-19(28)9-15-8-14(3)27-35-15/h8,13,16-18H,7,9-12H2,1-6H3,(H,24,28)(H,25,31)(H,26,30). The summed E-state index contributed by atoms with van der Waals surface area (Å²) in [6.07, 6.45) is 0.302. The quantitative estimate of drug-likeness (QED) is 0.276. The van der Waals surface area contributed by atoms with Crippen molar-refractivity contribution in [3.05, 3.63) is 17.5 Å². The Labute approximate surface area is 204 Å². The number of Topliss-reactive ketones (excluding diaryl/α,β-unsaturated/α-hetero) is 1. The maximum atomic E-state index is 13.0. The fourth-order valence-corrected chi connectivity index (χ4v) is 3.47. The number of aryl methyl sites for hydroxylation is 1. The molecule has 0 aliphatic carbocycles. The highest BCUT2D eigenvalue weighted by atomic mass is 16.6. The molecule has 1 aromatic rings. The van der Waals surface area contributed by atoms with Crippen LogP contribution in [-0.4, -0.2) is 86.4 Å². The highest BCUT2D eigenvalue weighted by Crippen LogP contribution is 2.29. The summed E-state index contributed by atoms with van der Waals surface area (Å²) in [5, 5.41) is 11.6. The van der Waals surface area contributed by atoms with E-state index >= 15 is 0 Å². The molecular formula is C23H36N4O8. The zero-order chi connectivity index (χ0) is 26.2. The normalized spacial score (nSPS) is 19.5. The van der Waals surface area contributed by atoms with Crippen LogP contribution in [0.5, 0.6) is 0 Å². The third kappa shape index (κ3) is 8.71. The summed E-state index contributed by atoms with van der Waals surface area (Å²) in [5.41, 5.74) is -0.271. The van der Waals surface area contributed by atoms with Crippen molar-refractivity contribution in [2.45, 2.75) is 64.3 Å². The molecule has 4 atom stereocenters. The van der Waals surface area contributed by atoms with Crippen molar-refractivity contribution in [2.75, 3.05) is 34.0 Å². The summed E-state index contributed by atoms with van der Waals surface area (Å²) in [6.45, 7) is 7.33. The maximum absolute atomic E-state index is 13.0. The molecule has 1 saturated heterocycles. The van der Waals surface area contributed by atoms with Gasteiger partial charge >= 0.3 is 0 Å². The van der Waals surface area contributed by atoms with Gasteiger partial charge in [-0.2, -0.15) is 0 Å². The molecule has 0 radical (unpaired) electrons. The van der Waals surface area contributed by atoms with Gasteiger partial charge in [0.2, 0.25) is 17.7 Å². The third-order valence-corrected chi connectivity index (χ3v) is 5.40. The number of rotatable bonds is 15. The van der Waals surface area contributed by atoms with Gasteiger partial charge in [-0.1, -0.05) is 19.0 Å². The van der Waals surface area contributed by atoms with Crippen molar-refractivity contribution in [1.29, 1.82) is 0 Å². The van der Waals surface area contributed by atoms with E-state index in [0.717, 1.165) is 0 Å². The summed E-state index contributed by atoms with van der Waals surface area (Å²) < 4.78 is 20.5. The van der Waals surface area contributed by atoms with Gasteiger partial charge in [-0.3, -0.25) is 19.2 Å². The largest absolute Gasteiger partial charge is 0.382 e. The molecular weight excluding hydrogens is 460 g/mol. The van der Waals surface area contributed by atoms with Crippen LogP contribution in [0.1, 0.15) is 38.6 Å². The molecule has 0 saturated carbocycles. The third-order valence-electron chi connectivity index (χ3n) is 5.40. The van der Waals surface area contributed by atoms with Crippen LogP contribution < -0.4 is 16.0 Å². The van der Waals surface area contributed by atoms with E-state index < -0.39 is 41.4 Å². The molecule has 1 aromatic heterocycles. The Kier molecular flexibility index (Phi) is 10.3. The molecule has 12 heteroatoms. The number of nitrogens with one attached hydrogen (secondary N) is 3. The number of epoxide rings is 1. The molecule has 2 heterocycles. The number of nitrogens with zero attached hydrogens (tertiary/aromatic N) is 1. The van der Waals surface area contributed by atoms with Gasteiger partial charge < -0.3 is 34.7 Å². The molecule has 35 heavy (non-hydrogen) atoms. The van der Waals surface area contributed by atoms with Crippen molar-refractivity contribution in [3.8, 4) is 0 Å². The monoisotopic (exact) mass is 496 g/mol. The lowest BCUT2D eigenvalue weighted by Gasteiger charge is -2.26. The molecule has 0 spiro atoms. The first-order chi connectivity index (χ1) is 16.5. The Hall–Kier alpha value is -2.83. The zero-order valence-electron chi connectivity index (χ0n) is 21.1. The van der Waals surface area contributed by atoms with Crippen LogP contribution in [0.2, 0.25) is 0 Å². The number of carbonyl (C=O) groups excluding carboxylic acids is 4. The molecule has 0 bridgehead atoms. The Morgan fingerprint density at radius 3 is 2.03 bits per heavy atom. The van der Waals surface area contributed by atoms with Crippen LogP contribution in [0, 0.1) is 12.8 Å². The molecule has 3 amide bonds. The van der Waals surface area contributed by atoms with E-state index in [2.05, 4.69) is 21.1 Å². The van der Waals surface area contributed by atoms with E-state index in [9.17, 15) is 19.2 Å². The van der Waals surface area contributed by atoms with Crippen LogP contribution >= 0.6 is 0 Å². The number of ketones is 1. The molecule has 1 fully saturated rings. The lowest BCUT2D eigenvalue weighted by atomic mass is 9.93. The minimum Gasteiger partial charge on any atom is -0.382 e. The van der Waals surface area contributed by atoms with Crippen molar-refractivity contribution < 1.29 is 37.9 Å². The van der Waals surface area contributed by atoms with E-state index in [1.807, 2.05) is 13.8 Å². The van der Waals surface area contributed by atoms with E-state index in [4.69, 9.17) is 18.7 Å². The van der Waals surface area contributed by atoms with Crippen LogP contribution in [-0.2, 0) is 39.8 Å². The second kappa shape index (κ2) is 12.8. The number of amides is 3. The van der Waals surface area contributed by atoms with Crippen molar-refractivity contribution in [2.24, 2.45) is 5.92 Å². The Morgan fingerprint density at radius 2 is 1.57 bits per heavy atom. The summed E-state index contributed by atoms with van der Waals surface area (Å²) in [4.78, 5) is 51.2. The Morgan fingerprint density at radius 1 is 1.03 bits per heavy atom. The number of hydrogen-bond acceptors (Lipinski definition) is 9. The zero-order valence-corrected chi connectivity index (χ0v) is 21.1. The topological polar surface area (TPSA) is 161 Å². The Balaban J connectivity index is 2.04. The fourth-order valence-electron chi connectivity index (χ4n) is 3.47.